The molecular formula is C28H33N3O3. The van der Waals surface area contributed by atoms with E-state index in [0.29, 0.717) is 11.7 Å². The molecule has 1 heterocycles. The van der Waals surface area contributed by atoms with Gasteiger partial charge >= 0.3 is 0 Å². The molecule has 0 atom stereocenters. The summed E-state index contributed by atoms with van der Waals surface area (Å²) in [6.45, 7) is 3.98. The lowest BCUT2D eigenvalue weighted by atomic mass is 10.0. The highest BCUT2D eigenvalue weighted by Crippen LogP contribution is 2.30. The van der Waals surface area contributed by atoms with Crippen LogP contribution in [0.4, 0.5) is 5.82 Å². The number of amides is 1. The molecule has 0 saturated heterocycles. The number of methoxy groups -OCH3 is 1. The van der Waals surface area contributed by atoms with E-state index in [1.54, 1.807) is 13.3 Å². The molecule has 1 amide bonds. The average molecular weight is 460 g/mol. The van der Waals surface area contributed by atoms with Gasteiger partial charge in [-0.2, -0.15) is 0 Å². The minimum Gasteiger partial charge on any atom is -0.497 e. The summed E-state index contributed by atoms with van der Waals surface area (Å²) in [6, 6.07) is 15.4. The first-order valence-electron chi connectivity index (χ1n) is 12.1. The Bertz CT molecular complexity index is 1090. The lowest BCUT2D eigenvalue weighted by molar-refractivity contribution is -0.115. The molecule has 6 nitrogen and oxygen atoms in total. The van der Waals surface area contributed by atoms with Crippen LogP contribution >= 0.6 is 0 Å². The summed E-state index contributed by atoms with van der Waals surface area (Å²) in [5.41, 5.74) is 3.56. The van der Waals surface area contributed by atoms with Gasteiger partial charge in [-0.3, -0.25) is 4.79 Å². The summed E-state index contributed by atoms with van der Waals surface area (Å²) < 4.78 is 10.9. The average Bonchev–Trinajstić information content (AvgIpc) is 3.34. The Morgan fingerprint density at radius 3 is 2.35 bits per heavy atom. The number of anilines is 1. The second kappa shape index (κ2) is 11.1. The third-order valence-electron chi connectivity index (χ3n) is 6.10. The van der Waals surface area contributed by atoms with E-state index >= 15 is 0 Å². The highest BCUT2D eigenvalue weighted by atomic mass is 16.5. The van der Waals surface area contributed by atoms with Gasteiger partial charge < -0.3 is 14.8 Å². The SMILES string of the molecule is COc1ccc(-c2cnc(NC(=O)Cc3ccc(OC(C)C)cc3)c(CC3CCCC3)n2)cc1. The second-order valence-electron chi connectivity index (χ2n) is 9.17. The Labute approximate surface area is 201 Å². The van der Waals surface area contributed by atoms with Crippen LogP contribution in [0, 0.1) is 5.92 Å². The van der Waals surface area contributed by atoms with Gasteiger partial charge in [-0.15, -0.1) is 0 Å². The maximum absolute atomic E-state index is 12.8. The number of hydrogen-bond acceptors (Lipinski definition) is 5. The molecule has 0 aliphatic heterocycles. The number of nitrogens with zero attached hydrogens (tertiary/aromatic N) is 2. The highest BCUT2D eigenvalue weighted by molar-refractivity contribution is 5.92. The van der Waals surface area contributed by atoms with Crippen molar-refractivity contribution in [2.24, 2.45) is 5.92 Å². The molecule has 2 aromatic carbocycles. The quantitative estimate of drug-likeness (QED) is 0.434. The van der Waals surface area contributed by atoms with Crippen LogP contribution < -0.4 is 14.8 Å². The van der Waals surface area contributed by atoms with Gasteiger partial charge in [0.15, 0.2) is 5.82 Å². The molecule has 1 aliphatic rings. The first-order valence-corrected chi connectivity index (χ1v) is 12.1. The summed E-state index contributed by atoms with van der Waals surface area (Å²) in [7, 11) is 1.65. The zero-order valence-corrected chi connectivity index (χ0v) is 20.2. The zero-order chi connectivity index (χ0) is 23.9. The first-order chi connectivity index (χ1) is 16.5. The fourth-order valence-corrected chi connectivity index (χ4v) is 4.38. The predicted molar refractivity (Wildman–Crippen MR) is 134 cm³/mol. The van der Waals surface area contributed by atoms with Gasteiger partial charge in [0.25, 0.3) is 0 Å². The number of carbonyl (C=O) groups is 1. The molecule has 6 heteroatoms. The second-order valence-corrected chi connectivity index (χ2v) is 9.17. The molecule has 3 aromatic rings. The van der Waals surface area contributed by atoms with E-state index in [1.807, 2.05) is 62.4 Å². The maximum atomic E-state index is 12.8. The number of carbonyl (C=O) groups excluding carboxylic acids is 1. The molecule has 34 heavy (non-hydrogen) atoms. The molecule has 0 unspecified atom stereocenters. The number of rotatable bonds is 9. The Morgan fingerprint density at radius 1 is 1.03 bits per heavy atom. The van der Waals surface area contributed by atoms with E-state index in [-0.39, 0.29) is 18.4 Å². The summed E-state index contributed by atoms with van der Waals surface area (Å²) in [5, 5.41) is 3.01. The van der Waals surface area contributed by atoms with Gasteiger partial charge in [0, 0.05) is 5.56 Å². The monoisotopic (exact) mass is 459 g/mol. The Morgan fingerprint density at radius 2 is 1.71 bits per heavy atom. The largest absolute Gasteiger partial charge is 0.497 e. The van der Waals surface area contributed by atoms with Crippen molar-refractivity contribution in [3.05, 3.63) is 66.0 Å². The van der Waals surface area contributed by atoms with Gasteiger partial charge in [-0.1, -0.05) is 37.8 Å². The fraction of sp³-hybridized carbons (Fsp3) is 0.393. The first kappa shape index (κ1) is 23.7. The van der Waals surface area contributed by atoms with E-state index < -0.39 is 0 Å². The van der Waals surface area contributed by atoms with Crippen molar-refractivity contribution in [3.8, 4) is 22.8 Å². The molecule has 1 saturated carbocycles. The van der Waals surface area contributed by atoms with E-state index in [4.69, 9.17) is 14.5 Å². The summed E-state index contributed by atoms with van der Waals surface area (Å²) in [4.78, 5) is 22.4. The van der Waals surface area contributed by atoms with E-state index in [2.05, 4.69) is 10.3 Å². The molecule has 1 N–H and O–H groups in total. The van der Waals surface area contributed by atoms with E-state index in [1.165, 1.54) is 25.7 Å². The minimum atomic E-state index is -0.100. The van der Waals surface area contributed by atoms with Gasteiger partial charge in [0.1, 0.15) is 11.5 Å². The molecule has 0 radical (unpaired) electrons. The summed E-state index contributed by atoms with van der Waals surface area (Å²) >= 11 is 0. The molecule has 4 rings (SSSR count). The van der Waals surface area contributed by atoms with E-state index in [9.17, 15) is 4.79 Å². The predicted octanol–water partition coefficient (Wildman–Crippen LogP) is 5.85. The van der Waals surface area contributed by atoms with Gasteiger partial charge in [0.2, 0.25) is 5.91 Å². The lowest BCUT2D eigenvalue weighted by Gasteiger charge is -2.15. The number of benzene rings is 2. The van der Waals surface area contributed by atoms with E-state index in [0.717, 1.165) is 40.4 Å². The molecule has 1 aliphatic carbocycles. The number of hydrogen-bond donors (Lipinski definition) is 1. The summed E-state index contributed by atoms with van der Waals surface area (Å²) in [6.07, 6.45) is 7.86. The van der Waals surface area contributed by atoms with Crippen LogP contribution in [-0.2, 0) is 17.6 Å². The molecule has 1 aromatic heterocycles. The van der Waals surface area contributed by atoms with Gasteiger partial charge in [-0.05, 0) is 68.1 Å². The number of aromatic nitrogens is 2. The Hall–Kier alpha value is -3.41. The van der Waals surface area contributed by atoms with Crippen molar-refractivity contribution in [2.75, 3.05) is 12.4 Å². The fourth-order valence-electron chi connectivity index (χ4n) is 4.38. The summed E-state index contributed by atoms with van der Waals surface area (Å²) in [5.74, 6) is 2.66. The third kappa shape index (κ3) is 6.34. The number of ether oxygens (including phenoxy) is 2. The zero-order valence-electron chi connectivity index (χ0n) is 20.2. The Balaban J connectivity index is 1.50. The van der Waals surface area contributed by atoms with Crippen molar-refractivity contribution in [2.45, 2.75) is 58.5 Å². The number of nitrogens with one attached hydrogen (secondary N) is 1. The van der Waals surface area contributed by atoms with Crippen LogP contribution in [0.2, 0.25) is 0 Å². The van der Waals surface area contributed by atoms with Crippen molar-refractivity contribution in [1.29, 1.82) is 0 Å². The highest BCUT2D eigenvalue weighted by Gasteiger charge is 2.20. The van der Waals surface area contributed by atoms with Gasteiger partial charge in [-0.25, -0.2) is 9.97 Å². The molecular weight excluding hydrogens is 426 g/mol. The van der Waals surface area contributed by atoms with Crippen LogP contribution in [0.5, 0.6) is 11.5 Å². The van der Waals surface area contributed by atoms with Crippen molar-refractivity contribution >= 4 is 11.7 Å². The standard InChI is InChI=1S/C28H33N3O3/c1-19(2)34-24-12-8-21(9-13-24)17-27(32)31-28-25(16-20-6-4-5-7-20)30-26(18-29-28)22-10-14-23(33-3)15-11-22/h8-15,18-20H,4-7,16-17H2,1-3H3,(H,29,31,32). The normalized spacial score (nSPS) is 13.8. The van der Waals surface area contributed by atoms with Crippen molar-refractivity contribution < 1.29 is 14.3 Å². The molecule has 1 fully saturated rings. The van der Waals surface area contributed by atoms with Crippen LogP contribution in [-0.4, -0.2) is 29.1 Å². The Kier molecular flexibility index (Phi) is 7.78. The van der Waals surface area contributed by atoms with Crippen molar-refractivity contribution in [3.63, 3.8) is 0 Å². The third-order valence-corrected chi connectivity index (χ3v) is 6.10. The van der Waals surface area contributed by atoms with Crippen LogP contribution in [0.1, 0.15) is 50.8 Å². The van der Waals surface area contributed by atoms with Crippen LogP contribution in [0.3, 0.4) is 0 Å². The van der Waals surface area contributed by atoms with Crippen LogP contribution in [0.25, 0.3) is 11.3 Å². The van der Waals surface area contributed by atoms with Crippen LogP contribution in [0.15, 0.2) is 54.7 Å². The van der Waals surface area contributed by atoms with Gasteiger partial charge in [0.05, 0.1) is 37.2 Å². The lowest BCUT2D eigenvalue weighted by Crippen LogP contribution is -2.18. The maximum Gasteiger partial charge on any atom is 0.229 e. The molecule has 0 spiro atoms. The smallest absolute Gasteiger partial charge is 0.229 e. The minimum absolute atomic E-state index is 0.100. The molecule has 0 bridgehead atoms. The van der Waals surface area contributed by atoms with Crippen molar-refractivity contribution in [1.82, 2.24) is 9.97 Å². The topological polar surface area (TPSA) is 73.3 Å². The molecule has 178 valence electrons.